The zero-order valence-electron chi connectivity index (χ0n) is 14.2. The van der Waals surface area contributed by atoms with Crippen LogP contribution in [0.25, 0.3) is 6.08 Å². The predicted octanol–water partition coefficient (Wildman–Crippen LogP) is 3.98. The molecule has 0 heterocycles. The molecule has 3 nitrogen and oxygen atoms in total. The molecule has 0 saturated heterocycles. The van der Waals surface area contributed by atoms with Crippen LogP contribution in [-0.2, 0) is 11.3 Å². The number of nitrogens with zero attached hydrogens (tertiary/aromatic N) is 1. The van der Waals surface area contributed by atoms with Crippen LogP contribution in [0.3, 0.4) is 0 Å². The maximum atomic E-state index is 12.3. The van der Waals surface area contributed by atoms with Crippen molar-refractivity contribution in [2.45, 2.75) is 20.4 Å². The van der Waals surface area contributed by atoms with Gasteiger partial charge in [-0.15, -0.1) is 0 Å². The van der Waals surface area contributed by atoms with Crippen molar-refractivity contribution < 1.29 is 9.53 Å². The maximum Gasteiger partial charge on any atom is 0.246 e. The van der Waals surface area contributed by atoms with Crippen LogP contribution < -0.4 is 4.74 Å². The second kappa shape index (κ2) is 7.63. The van der Waals surface area contributed by atoms with Crippen LogP contribution >= 0.6 is 0 Å². The molecule has 0 N–H and O–H groups in total. The molecule has 0 aromatic heterocycles. The Morgan fingerprint density at radius 3 is 2.65 bits per heavy atom. The third-order valence-corrected chi connectivity index (χ3v) is 3.79. The first kappa shape index (κ1) is 16.8. The zero-order valence-corrected chi connectivity index (χ0v) is 14.2. The van der Waals surface area contributed by atoms with Crippen LogP contribution in [0.5, 0.6) is 5.75 Å². The van der Waals surface area contributed by atoms with Crippen molar-refractivity contribution in [1.29, 1.82) is 0 Å². The lowest BCUT2D eigenvalue weighted by Crippen LogP contribution is -2.24. The molecular weight excluding hydrogens is 286 g/mol. The van der Waals surface area contributed by atoms with Crippen molar-refractivity contribution >= 4 is 12.0 Å². The Bertz CT molecular complexity index is 719. The summed E-state index contributed by atoms with van der Waals surface area (Å²) in [6.07, 6.45) is 3.40. The number of carbonyl (C=O) groups excluding carboxylic acids is 1. The Hall–Kier alpha value is -2.55. The van der Waals surface area contributed by atoms with Crippen molar-refractivity contribution in [2.24, 2.45) is 0 Å². The van der Waals surface area contributed by atoms with Gasteiger partial charge in [-0.1, -0.05) is 35.9 Å². The van der Waals surface area contributed by atoms with E-state index in [1.165, 1.54) is 16.7 Å². The first-order valence-corrected chi connectivity index (χ1v) is 7.63. The third kappa shape index (κ3) is 4.71. The molecule has 0 aliphatic heterocycles. The molecule has 0 fully saturated rings. The van der Waals surface area contributed by atoms with E-state index in [9.17, 15) is 4.79 Å². The molecule has 2 rings (SSSR count). The number of hydrogen-bond donors (Lipinski definition) is 0. The highest BCUT2D eigenvalue weighted by atomic mass is 16.5. The van der Waals surface area contributed by atoms with Crippen LogP contribution in [-0.4, -0.2) is 25.0 Å². The van der Waals surface area contributed by atoms with Gasteiger partial charge in [0.15, 0.2) is 0 Å². The summed E-state index contributed by atoms with van der Waals surface area (Å²) in [6.45, 7) is 4.75. The van der Waals surface area contributed by atoms with Gasteiger partial charge in [0.25, 0.3) is 0 Å². The molecule has 0 spiro atoms. The SMILES string of the molecule is COc1cccc(/C=C/C(=O)N(C)Cc2ccc(C)cc2C)c1. The summed E-state index contributed by atoms with van der Waals surface area (Å²) >= 11 is 0. The van der Waals surface area contributed by atoms with Gasteiger partial charge in [-0.05, 0) is 48.7 Å². The van der Waals surface area contributed by atoms with Gasteiger partial charge in [0.2, 0.25) is 5.91 Å². The molecule has 0 aliphatic rings. The Morgan fingerprint density at radius 1 is 1.17 bits per heavy atom. The largest absolute Gasteiger partial charge is 0.497 e. The van der Waals surface area contributed by atoms with Crippen LogP contribution in [0.2, 0.25) is 0 Å². The van der Waals surface area contributed by atoms with Crippen LogP contribution in [0.4, 0.5) is 0 Å². The standard InChI is InChI=1S/C20H23NO2/c1-15-8-10-18(16(2)12-15)14-21(3)20(22)11-9-17-6-5-7-19(13-17)23-4/h5-13H,14H2,1-4H3/b11-9+. The van der Waals surface area contributed by atoms with Crippen molar-refractivity contribution in [3.63, 3.8) is 0 Å². The molecule has 0 aliphatic carbocycles. The maximum absolute atomic E-state index is 12.3. The summed E-state index contributed by atoms with van der Waals surface area (Å²) in [6, 6.07) is 13.9. The quantitative estimate of drug-likeness (QED) is 0.782. The highest BCUT2D eigenvalue weighted by Gasteiger charge is 2.07. The summed E-state index contributed by atoms with van der Waals surface area (Å²) in [5.41, 5.74) is 4.55. The molecule has 2 aromatic carbocycles. The van der Waals surface area contributed by atoms with E-state index < -0.39 is 0 Å². The summed E-state index contributed by atoms with van der Waals surface area (Å²) < 4.78 is 5.18. The Balaban J connectivity index is 2.03. The third-order valence-electron chi connectivity index (χ3n) is 3.79. The van der Waals surface area contributed by atoms with Crippen LogP contribution in [0.15, 0.2) is 48.5 Å². The first-order valence-electron chi connectivity index (χ1n) is 7.63. The van der Waals surface area contributed by atoms with Crippen molar-refractivity contribution in [3.8, 4) is 5.75 Å². The van der Waals surface area contributed by atoms with Crippen LogP contribution in [0, 0.1) is 13.8 Å². The first-order chi connectivity index (χ1) is 11.0. The lowest BCUT2D eigenvalue weighted by Gasteiger charge is -2.17. The number of carbonyl (C=O) groups is 1. The molecule has 120 valence electrons. The minimum absolute atomic E-state index is 0.0206. The smallest absolute Gasteiger partial charge is 0.246 e. The zero-order chi connectivity index (χ0) is 16.8. The summed E-state index contributed by atoms with van der Waals surface area (Å²) in [7, 11) is 3.45. The van der Waals surface area contributed by atoms with E-state index in [1.54, 1.807) is 18.1 Å². The molecule has 1 amide bonds. The number of ether oxygens (including phenoxy) is 1. The van der Waals surface area contributed by atoms with E-state index in [4.69, 9.17) is 4.74 Å². The molecule has 0 bridgehead atoms. The highest BCUT2D eigenvalue weighted by Crippen LogP contribution is 2.15. The normalized spacial score (nSPS) is 10.8. The van der Waals surface area contributed by atoms with Crippen molar-refractivity contribution in [2.75, 3.05) is 14.2 Å². The fraction of sp³-hybridized carbons (Fsp3) is 0.250. The number of rotatable bonds is 5. The van der Waals surface area contributed by atoms with E-state index in [2.05, 4.69) is 32.0 Å². The molecule has 3 heteroatoms. The number of hydrogen-bond acceptors (Lipinski definition) is 2. The number of aryl methyl sites for hydroxylation is 2. The second-order valence-electron chi connectivity index (χ2n) is 5.73. The van der Waals surface area contributed by atoms with Crippen molar-refractivity contribution in [3.05, 3.63) is 70.8 Å². The molecule has 2 aromatic rings. The fourth-order valence-electron chi connectivity index (χ4n) is 2.40. The second-order valence-corrected chi connectivity index (χ2v) is 5.73. The molecule has 0 unspecified atom stereocenters. The fourth-order valence-corrected chi connectivity index (χ4v) is 2.40. The Labute approximate surface area is 138 Å². The Kier molecular flexibility index (Phi) is 5.58. The van der Waals surface area contributed by atoms with E-state index >= 15 is 0 Å². The lowest BCUT2D eigenvalue weighted by molar-refractivity contribution is -0.125. The highest BCUT2D eigenvalue weighted by molar-refractivity contribution is 5.91. The molecule has 0 saturated carbocycles. The van der Waals surface area contributed by atoms with Crippen molar-refractivity contribution in [1.82, 2.24) is 4.90 Å². The molecule has 0 radical (unpaired) electrons. The average molecular weight is 309 g/mol. The minimum Gasteiger partial charge on any atom is -0.497 e. The number of benzene rings is 2. The molecular formula is C20H23NO2. The van der Waals surface area contributed by atoms with Gasteiger partial charge in [-0.3, -0.25) is 4.79 Å². The average Bonchev–Trinajstić information content (AvgIpc) is 2.55. The molecule has 0 atom stereocenters. The monoisotopic (exact) mass is 309 g/mol. The number of methoxy groups -OCH3 is 1. The van der Waals surface area contributed by atoms with E-state index in [0.717, 1.165) is 11.3 Å². The summed E-state index contributed by atoms with van der Waals surface area (Å²) in [5, 5.41) is 0. The van der Waals surface area contributed by atoms with Crippen LogP contribution in [0.1, 0.15) is 22.3 Å². The summed E-state index contributed by atoms with van der Waals surface area (Å²) in [4.78, 5) is 14.0. The van der Waals surface area contributed by atoms with Gasteiger partial charge >= 0.3 is 0 Å². The van der Waals surface area contributed by atoms with Gasteiger partial charge in [0.05, 0.1) is 7.11 Å². The summed E-state index contributed by atoms with van der Waals surface area (Å²) in [5.74, 6) is 0.760. The number of amides is 1. The minimum atomic E-state index is -0.0206. The van der Waals surface area contributed by atoms with E-state index in [-0.39, 0.29) is 5.91 Å². The van der Waals surface area contributed by atoms with E-state index in [1.807, 2.05) is 37.4 Å². The van der Waals surface area contributed by atoms with Gasteiger partial charge < -0.3 is 9.64 Å². The van der Waals surface area contributed by atoms with Gasteiger partial charge in [0, 0.05) is 19.7 Å². The topological polar surface area (TPSA) is 29.5 Å². The van der Waals surface area contributed by atoms with Gasteiger partial charge in [0.1, 0.15) is 5.75 Å². The van der Waals surface area contributed by atoms with Gasteiger partial charge in [-0.25, -0.2) is 0 Å². The lowest BCUT2D eigenvalue weighted by atomic mass is 10.1. The van der Waals surface area contributed by atoms with E-state index in [0.29, 0.717) is 6.54 Å². The van der Waals surface area contributed by atoms with Gasteiger partial charge in [-0.2, -0.15) is 0 Å². The number of likely N-dealkylation sites (N-methyl/N-ethyl adjacent to an activating group) is 1. The predicted molar refractivity (Wildman–Crippen MR) is 94.4 cm³/mol. The molecule has 23 heavy (non-hydrogen) atoms. The Morgan fingerprint density at radius 2 is 1.96 bits per heavy atom.